The van der Waals surface area contributed by atoms with Crippen LogP contribution < -0.4 is 81.5 Å². The maximum Gasteiger partial charge on any atom is 4.00 e. The Morgan fingerprint density at radius 1 is 0.255 bits per heavy atom. The van der Waals surface area contributed by atoms with E-state index in [0.717, 1.165) is 0 Å². The second-order valence-electron chi connectivity index (χ2n) is 8.68. The van der Waals surface area contributed by atoms with Gasteiger partial charge in [-0.3, -0.25) is 9.59 Å². The minimum absolute atomic E-state index is 0. The van der Waals surface area contributed by atoms with Crippen LogP contribution >= 0.6 is 15.8 Å². The topological polar surface area (TPSA) is 34.1 Å². The molecule has 6 rings (SSSR count). The number of hydrogen-bond acceptors (Lipinski definition) is 2. The number of halogens is 4. The van der Waals surface area contributed by atoms with E-state index in [9.17, 15) is 0 Å². The molecular weight excluding hydrogens is 793 g/mol. The summed E-state index contributed by atoms with van der Waals surface area (Å²) in [4.78, 5) is 15.0. The molecule has 0 saturated heterocycles. The Morgan fingerprint density at radius 2 is 0.362 bits per heavy atom. The fourth-order valence-corrected chi connectivity index (χ4v) is 8.97. The Bertz CT molecular complexity index is 1240. The molecule has 0 aliphatic rings. The zero-order chi connectivity index (χ0) is 29.8. The summed E-state index contributed by atoms with van der Waals surface area (Å²) >= 11 is 0. The van der Waals surface area contributed by atoms with Crippen molar-refractivity contribution in [1.82, 2.24) is 0 Å². The molecule has 0 atom stereocenters. The summed E-state index contributed by atoms with van der Waals surface area (Å²) < 4.78 is 0. The average molecular weight is 823 g/mol. The van der Waals surface area contributed by atoms with E-state index in [4.69, 9.17) is 9.59 Å². The van der Waals surface area contributed by atoms with Gasteiger partial charge in [-0.05, 0) is 47.7 Å². The molecule has 0 unspecified atom stereocenters. The molecule has 6 aromatic carbocycles. The number of benzene rings is 6. The van der Waals surface area contributed by atoms with Gasteiger partial charge in [-0.15, -0.1) is 0 Å². The van der Waals surface area contributed by atoms with Gasteiger partial charge < -0.3 is 49.6 Å². The molecule has 0 heterocycles. The molecule has 0 N–H and O–H groups in total. The van der Waals surface area contributed by atoms with Crippen LogP contribution in [0.5, 0.6) is 0 Å². The molecule has 0 spiro atoms. The SMILES string of the molecule is [C]=O.[C]=O.[Cl-].[Cl-].[Cl-].[Cl-].[Ru+4].c1ccc(P(c2ccccc2)c2ccccc2)cc1.c1ccc(P(c2ccccc2)c2ccccc2)cc1. The zero-order valence-corrected chi connectivity index (χ0v) is 31.4. The Morgan fingerprint density at radius 3 is 0.468 bits per heavy atom. The van der Waals surface area contributed by atoms with Crippen LogP contribution in [0.1, 0.15) is 0 Å². The van der Waals surface area contributed by atoms with Gasteiger partial charge in [0.25, 0.3) is 13.6 Å². The van der Waals surface area contributed by atoms with Crippen LogP contribution in [0, 0.1) is 0 Å². The maximum atomic E-state index is 7.50. The predicted molar refractivity (Wildman–Crippen MR) is 182 cm³/mol. The van der Waals surface area contributed by atoms with E-state index in [2.05, 4.69) is 196 Å². The van der Waals surface area contributed by atoms with Crippen LogP contribution in [0.4, 0.5) is 0 Å². The Hall–Kier alpha value is -2.70. The maximum absolute atomic E-state index is 7.50. The molecule has 0 aliphatic carbocycles. The van der Waals surface area contributed by atoms with Gasteiger partial charge in [0.1, 0.15) is 0 Å². The molecule has 0 aromatic heterocycles. The van der Waals surface area contributed by atoms with Crippen molar-refractivity contribution in [2.75, 3.05) is 0 Å². The van der Waals surface area contributed by atoms with E-state index in [1.807, 2.05) is 0 Å². The number of rotatable bonds is 6. The molecule has 2 nitrogen and oxygen atoms in total. The molecule has 0 saturated carbocycles. The van der Waals surface area contributed by atoms with Gasteiger partial charge in [0.05, 0.1) is 0 Å². The van der Waals surface area contributed by atoms with E-state index in [1.54, 1.807) is 0 Å². The monoisotopic (exact) mass is 822 g/mol. The van der Waals surface area contributed by atoms with Crippen molar-refractivity contribution >= 4 is 61.2 Å². The van der Waals surface area contributed by atoms with Gasteiger partial charge in [0.15, 0.2) is 0 Å². The van der Waals surface area contributed by atoms with Crippen LogP contribution in [0.3, 0.4) is 0 Å². The van der Waals surface area contributed by atoms with E-state index in [1.165, 1.54) is 31.8 Å². The molecule has 0 bridgehead atoms. The van der Waals surface area contributed by atoms with Crippen LogP contribution in [0.15, 0.2) is 182 Å². The average Bonchev–Trinajstić information content (AvgIpc) is 3.10. The van der Waals surface area contributed by atoms with Crippen molar-refractivity contribution in [3.8, 4) is 0 Å². The van der Waals surface area contributed by atoms with E-state index in [0.29, 0.717) is 0 Å². The Labute approximate surface area is 319 Å². The van der Waals surface area contributed by atoms with Crippen molar-refractivity contribution in [2.24, 2.45) is 0 Å². The molecule has 240 valence electrons. The van der Waals surface area contributed by atoms with E-state index >= 15 is 0 Å². The first-order chi connectivity index (χ1) is 20.9. The second-order valence-corrected chi connectivity index (χ2v) is 13.1. The van der Waals surface area contributed by atoms with E-state index in [-0.39, 0.29) is 69.1 Å². The van der Waals surface area contributed by atoms with Gasteiger partial charge >= 0.3 is 19.5 Å². The van der Waals surface area contributed by atoms with Crippen LogP contribution in [0.25, 0.3) is 0 Å². The summed E-state index contributed by atoms with van der Waals surface area (Å²) in [5.74, 6) is 0. The van der Waals surface area contributed by atoms with Crippen molar-refractivity contribution < 1.29 is 78.7 Å². The first-order valence-corrected chi connectivity index (χ1v) is 15.9. The van der Waals surface area contributed by atoms with Crippen LogP contribution in [-0.2, 0) is 29.1 Å². The normalized spacial score (nSPS) is 8.72. The summed E-state index contributed by atoms with van der Waals surface area (Å²) in [5.41, 5.74) is 0. The molecule has 6 aromatic rings. The van der Waals surface area contributed by atoms with Crippen molar-refractivity contribution in [1.29, 1.82) is 0 Å². The van der Waals surface area contributed by atoms with Crippen LogP contribution in [-0.4, -0.2) is 13.6 Å². The minimum atomic E-state index is -0.446. The van der Waals surface area contributed by atoms with Gasteiger partial charge in [0.2, 0.25) is 0 Å². The second kappa shape index (κ2) is 29.4. The predicted octanol–water partition coefficient (Wildman–Crippen LogP) is -5.89. The molecule has 0 fully saturated rings. The zero-order valence-electron chi connectivity index (χ0n) is 24.9. The first kappa shape index (κ1) is 48.7. The summed E-state index contributed by atoms with van der Waals surface area (Å²) in [5, 5.41) is 8.39. The summed E-state index contributed by atoms with van der Waals surface area (Å²) in [6.45, 7) is 9.00. The van der Waals surface area contributed by atoms with Gasteiger partial charge in [-0.1, -0.05) is 182 Å². The van der Waals surface area contributed by atoms with Crippen molar-refractivity contribution in [3.63, 3.8) is 0 Å². The van der Waals surface area contributed by atoms with Gasteiger partial charge in [0, 0.05) is 0 Å². The fourth-order valence-electron chi connectivity index (χ4n) is 4.36. The minimum Gasteiger partial charge on any atom is -1.00 e. The molecule has 0 amide bonds. The summed E-state index contributed by atoms with van der Waals surface area (Å²) in [6, 6.07) is 64.7. The first-order valence-electron chi connectivity index (χ1n) is 13.2. The van der Waals surface area contributed by atoms with Gasteiger partial charge in [-0.2, -0.15) is 0 Å². The third-order valence-electron chi connectivity index (χ3n) is 6.09. The fraction of sp³-hybridized carbons (Fsp3) is 0. The van der Waals surface area contributed by atoms with Crippen molar-refractivity contribution in [3.05, 3.63) is 182 Å². The van der Waals surface area contributed by atoms with Gasteiger partial charge in [-0.25, -0.2) is 0 Å². The number of hydrogen-bond donors (Lipinski definition) is 0. The molecule has 4 radical (unpaired) electrons. The van der Waals surface area contributed by atoms with Crippen LogP contribution in [0.2, 0.25) is 0 Å². The van der Waals surface area contributed by atoms with E-state index < -0.39 is 15.8 Å². The third kappa shape index (κ3) is 15.4. The molecule has 9 heteroatoms. The third-order valence-corrected chi connectivity index (χ3v) is 11.0. The Kier molecular flexibility index (Phi) is 30.5. The molecule has 0 aliphatic heterocycles. The molecular formula is C38H30Cl4O2P2Ru. The largest absolute Gasteiger partial charge is 4.00 e. The molecule has 47 heavy (non-hydrogen) atoms. The standard InChI is InChI=1S/2C18H15P.2CO.4ClH.Ru/c2*1-4-10-16(11-5-1)19(17-12-6-2-7-13-17)18-14-8-3-9-15-18;2*1-2;;;;;/h2*1-15H;;;4*1H;/q;;;;;;;;+4/p-4. The number of carbonyl (C=O) groups excluding carboxylic acids is 2. The Balaban J connectivity index is -0.000000680. The summed E-state index contributed by atoms with van der Waals surface area (Å²) in [6.07, 6.45) is 0. The summed E-state index contributed by atoms with van der Waals surface area (Å²) in [7, 11) is -0.892. The van der Waals surface area contributed by atoms with Crippen molar-refractivity contribution in [2.45, 2.75) is 0 Å². The smallest absolute Gasteiger partial charge is 1.00 e. The quantitative estimate of drug-likeness (QED) is 0.124.